The molecule has 0 bridgehead atoms. The van der Waals surface area contributed by atoms with Crippen LogP contribution < -0.4 is 21.3 Å². The molecule has 21 heavy (non-hydrogen) atoms. The van der Waals surface area contributed by atoms with Crippen molar-refractivity contribution in [3.05, 3.63) is 23.8 Å². The van der Waals surface area contributed by atoms with Crippen molar-refractivity contribution in [2.45, 2.75) is 18.5 Å². The Balaban J connectivity index is 1.71. The van der Waals surface area contributed by atoms with Crippen LogP contribution in [0, 0.1) is 0 Å². The van der Waals surface area contributed by atoms with Crippen LogP contribution in [-0.4, -0.2) is 38.2 Å². The Hall–Kier alpha value is -2.28. The minimum Gasteiger partial charge on any atom is -0.453 e. The first kappa shape index (κ1) is 13.7. The number of fused-ring (bicyclic) bond motifs is 1. The number of nitrogens with two attached hydrogens (primary N) is 1. The second-order valence-corrected chi connectivity index (χ2v) is 5.31. The molecule has 0 radical (unpaired) electrons. The zero-order valence-electron chi connectivity index (χ0n) is 11.8. The smallest absolute Gasteiger partial charge is 0.407 e. The van der Waals surface area contributed by atoms with Gasteiger partial charge in [-0.15, -0.1) is 0 Å². The molecule has 2 aliphatic rings. The number of rotatable bonds is 2. The first-order valence-corrected chi connectivity index (χ1v) is 6.88. The zero-order valence-corrected chi connectivity index (χ0v) is 11.8. The van der Waals surface area contributed by atoms with Crippen LogP contribution >= 0.6 is 0 Å². The fraction of sp³-hybridized carbons (Fsp3) is 0.429. The quantitative estimate of drug-likeness (QED) is 0.740. The van der Waals surface area contributed by atoms with Crippen LogP contribution in [0.15, 0.2) is 18.2 Å². The lowest BCUT2D eigenvalue weighted by atomic mass is 10.1. The van der Waals surface area contributed by atoms with Gasteiger partial charge < -0.3 is 26.0 Å². The normalized spacial score (nSPS) is 23.7. The number of anilines is 2. The third-order valence-electron chi connectivity index (χ3n) is 3.97. The van der Waals surface area contributed by atoms with Gasteiger partial charge in [-0.2, -0.15) is 0 Å². The van der Waals surface area contributed by atoms with Gasteiger partial charge in [0, 0.05) is 30.0 Å². The van der Waals surface area contributed by atoms with Gasteiger partial charge in [0.05, 0.1) is 13.2 Å². The maximum Gasteiger partial charge on any atom is 0.407 e. The highest BCUT2D eigenvalue weighted by Gasteiger charge is 2.29. The van der Waals surface area contributed by atoms with Gasteiger partial charge in [0.15, 0.2) is 0 Å². The van der Waals surface area contributed by atoms with E-state index >= 15 is 0 Å². The zero-order chi connectivity index (χ0) is 15.0. The van der Waals surface area contributed by atoms with E-state index in [-0.39, 0.29) is 11.9 Å². The van der Waals surface area contributed by atoms with Gasteiger partial charge in [-0.1, -0.05) is 6.07 Å². The molecule has 2 heterocycles. The lowest BCUT2D eigenvalue weighted by Gasteiger charge is -2.19. The fourth-order valence-corrected chi connectivity index (χ4v) is 2.81. The third-order valence-corrected chi connectivity index (χ3v) is 3.97. The second kappa shape index (κ2) is 5.25. The molecule has 2 unspecified atom stereocenters. The molecule has 112 valence electrons. The van der Waals surface area contributed by atoms with Crippen LogP contribution in [0.1, 0.15) is 18.0 Å². The van der Waals surface area contributed by atoms with E-state index in [1.807, 2.05) is 18.2 Å². The van der Waals surface area contributed by atoms with Crippen molar-refractivity contribution < 1.29 is 14.3 Å². The van der Waals surface area contributed by atoms with Crippen molar-refractivity contribution in [2.24, 2.45) is 5.73 Å². The number of hydrogen-bond acceptors (Lipinski definition) is 5. The molecule has 1 fully saturated rings. The molecule has 2 aliphatic heterocycles. The number of hydrogen-bond donors (Lipinski definition) is 3. The Labute approximate surface area is 122 Å². The number of amides is 2. The van der Waals surface area contributed by atoms with Crippen molar-refractivity contribution in [3.8, 4) is 0 Å². The van der Waals surface area contributed by atoms with E-state index < -0.39 is 12.1 Å². The molecule has 2 amide bonds. The average Bonchev–Trinajstić information content (AvgIpc) is 3.04. The number of nitrogens with one attached hydrogen (secondary N) is 2. The summed E-state index contributed by atoms with van der Waals surface area (Å²) in [6.45, 7) is 1.56. The molecule has 0 spiro atoms. The summed E-state index contributed by atoms with van der Waals surface area (Å²) < 4.78 is 4.61. The summed E-state index contributed by atoms with van der Waals surface area (Å²) >= 11 is 0. The Morgan fingerprint density at radius 3 is 3.10 bits per heavy atom. The van der Waals surface area contributed by atoms with Crippen molar-refractivity contribution in [1.82, 2.24) is 5.32 Å². The maximum atomic E-state index is 11.6. The Kier molecular flexibility index (Phi) is 3.42. The van der Waals surface area contributed by atoms with Crippen LogP contribution in [0.5, 0.6) is 0 Å². The SMILES string of the molecule is COC(=O)NC1CCN(c2ccc3c(c2)NC(=O)C3N)C1. The first-order valence-electron chi connectivity index (χ1n) is 6.88. The summed E-state index contributed by atoms with van der Waals surface area (Å²) in [5, 5.41) is 5.59. The number of alkyl carbamates (subject to hydrolysis) is 1. The van der Waals surface area contributed by atoms with Gasteiger partial charge in [0.25, 0.3) is 0 Å². The summed E-state index contributed by atoms with van der Waals surface area (Å²) in [5.74, 6) is -0.172. The molecule has 3 rings (SSSR count). The van der Waals surface area contributed by atoms with Crippen molar-refractivity contribution in [3.63, 3.8) is 0 Å². The number of ether oxygens (including phenoxy) is 1. The predicted octanol–water partition coefficient (Wildman–Crippen LogP) is 0.573. The minimum atomic E-state index is -0.582. The highest BCUT2D eigenvalue weighted by Crippen LogP contribution is 2.33. The molecule has 1 saturated heterocycles. The molecule has 4 N–H and O–H groups in total. The van der Waals surface area contributed by atoms with Gasteiger partial charge in [0.2, 0.25) is 5.91 Å². The molecule has 2 atom stereocenters. The van der Waals surface area contributed by atoms with Crippen LogP contribution in [-0.2, 0) is 9.53 Å². The number of carbonyl (C=O) groups excluding carboxylic acids is 2. The molecular formula is C14H18N4O3. The van der Waals surface area contributed by atoms with E-state index in [1.54, 1.807) is 0 Å². The largest absolute Gasteiger partial charge is 0.453 e. The second-order valence-electron chi connectivity index (χ2n) is 5.31. The average molecular weight is 290 g/mol. The number of benzene rings is 1. The van der Waals surface area contributed by atoms with Crippen LogP contribution in [0.3, 0.4) is 0 Å². The van der Waals surface area contributed by atoms with Gasteiger partial charge in [-0.3, -0.25) is 4.79 Å². The van der Waals surface area contributed by atoms with E-state index in [2.05, 4.69) is 20.3 Å². The highest BCUT2D eigenvalue weighted by molar-refractivity contribution is 6.03. The molecule has 0 aromatic heterocycles. The van der Waals surface area contributed by atoms with Crippen LogP contribution in [0.25, 0.3) is 0 Å². The van der Waals surface area contributed by atoms with E-state index in [4.69, 9.17) is 5.73 Å². The number of methoxy groups -OCH3 is 1. The van der Waals surface area contributed by atoms with Crippen molar-refractivity contribution >= 4 is 23.4 Å². The predicted molar refractivity (Wildman–Crippen MR) is 78.2 cm³/mol. The monoisotopic (exact) mass is 290 g/mol. The lowest BCUT2D eigenvalue weighted by Crippen LogP contribution is -2.36. The molecule has 0 saturated carbocycles. The molecular weight excluding hydrogens is 272 g/mol. The molecule has 1 aromatic carbocycles. The van der Waals surface area contributed by atoms with Gasteiger partial charge in [0.1, 0.15) is 6.04 Å². The fourth-order valence-electron chi connectivity index (χ4n) is 2.81. The maximum absolute atomic E-state index is 11.6. The topological polar surface area (TPSA) is 96.7 Å². The first-order chi connectivity index (χ1) is 10.1. The van der Waals surface area contributed by atoms with Crippen LogP contribution in [0.2, 0.25) is 0 Å². The molecule has 7 nitrogen and oxygen atoms in total. The summed E-state index contributed by atoms with van der Waals surface area (Å²) in [6, 6.07) is 5.26. The summed E-state index contributed by atoms with van der Waals surface area (Å²) in [4.78, 5) is 24.9. The summed E-state index contributed by atoms with van der Waals surface area (Å²) in [5.41, 5.74) is 8.41. The molecule has 7 heteroatoms. The van der Waals surface area contributed by atoms with Gasteiger partial charge in [-0.25, -0.2) is 4.79 Å². The minimum absolute atomic E-state index is 0.0718. The van der Waals surface area contributed by atoms with Crippen molar-refractivity contribution in [2.75, 3.05) is 30.4 Å². The van der Waals surface area contributed by atoms with E-state index in [0.717, 1.165) is 29.9 Å². The van der Waals surface area contributed by atoms with E-state index in [1.165, 1.54) is 7.11 Å². The third kappa shape index (κ3) is 2.52. The molecule has 1 aromatic rings. The van der Waals surface area contributed by atoms with Crippen LogP contribution in [0.4, 0.5) is 16.2 Å². The molecule has 0 aliphatic carbocycles. The van der Waals surface area contributed by atoms with Gasteiger partial charge >= 0.3 is 6.09 Å². The number of carbonyl (C=O) groups is 2. The Morgan fingerprint density at radius 1 is 1.52 bits per heavy atom. The van der Waals surface area contributed by atoms with E-state index in [9.17, 15) is 9.59 Å². The Morgan fingerprint density at radius 2 is 2.33 bits per heavy atom. The standard InChI is InChI=1S/C14H18N4O3/c1-21-14(20)16-8-4-5-18(7-8)9-2-3-10-11(6-9)17-13(19)12(10)15/h2-3,6,8,12H,4-5,7,15H2,1H3,(H,16,20)(H,17,19). The highest BCUT2D eigenvalue weighted by atomic mass is 16.5. The van der Waals surface area contributed by atoms with E-state index in [0.29, 0.717) is 6.54 Å². The lowest BCUT2D eigenvalue weighted by molar-refractivity contribution is -0.116. The summed E-state index contributed by atoms with van der Waals surface area (Å²) in [7, 11) is 1.36. The van der Waals surface area contributed by atoms with Crippen molar-refractivity contribution in [1.29, 1.82) is 0 Å². The Bertz CT molecular complexity index is 590. The number of nitrogens with zero attached hydrogens (tertiary/aromatic N) is 1. The summed E-state index contributed by atoms with van der Waals surface area (Å²) in [6.07, 6.45) is 0.451. The van der Waals surface area contributed by atoms with Gasteiger partial charge in [-0.05, 0) is 18.6 Å².